The number of carbonyl (C=O) groups is 3. The van der Waals surface area contributed by atoms with Crippen molar-refractivity contribution >= 4 is 52.7 Å². The normalized spacial score (nSPS) is 11.6. The number of nitrogens with two attached hydrogens (primary N) is 2. The van der Waals surface area contributed by atoms with Gasteiger partial charge in [0.2, 0.25) is 5.78 Å². The van der Waals surface area contributed by atoms with Crippen LogP contribution in [0.2, 0.25) is 0 Å². The van der Waals surface area contributed by atoms with Gasteiger partial charge >= 0.3 is 5.97 Å². The predicted octanol–water partition coefficient (Wildman–Crippen LogP) is 3.13. The van der Waals surface area contributed by atoms with Crippen molar-refractivity contribution in [2.45, 2.75) is 33.1 Å². The summed E-state index contributed by atoms with van der Waals surface area (Å²) in [5, 5.41) is 33.9. The number of nitrogen functional groups attached to an aromatic ring is 2. The van der Waals surface area contributed by atoms with Crippen LogP contribution < -0.4 is 11.5 Å². The Hall–Kier alpha value is -6.47. The number of methoxy groups -OCH3 is 1. The second kappa shape index (κ2) is 13.3. The molecule has 0 amide bonds. The van der Waals surface area contributed by atoms with Crippen molar-refractivity contribution in [2.24, 2.45) is 34.6 Å². The van der Waals surface area contributed by atoms with Crippen molar-refractivity contribution in [3.8, 4) is 11.6 Å². The number of aromatic nitrogens is 10. The number of hydrogen-bond donors (Lipinski definition) is 2. The zero-order valence-corrected chi connectivity index (χ0v) is 26.1. The molecule has 20 nitrogen and oxygen atoms in total. The average molecular weight is 643 g/mol. The molecule has 0 aliphatic heterocycles. The average Bonchev–Trinajstić information content (AvgIpc) is 3.80. The van der Waals surface area contributed by atoms with Crippen molar-refractivity contribution in [1.82, 2.24) is 49.1 Å². The summed E-state index contributed by atoms with van der Waals surface area (Å²) in [5.41, 5.74) is 14.5. The molecule has 4 N–H and O–H groups in total. The Labute approximate surface area is 266 Å². The van der Waals surface area contributed by atoms with Crippen LogP contribution in [0.25, 0.3) is 11.6 Å². The summed E-state index contributed by atoms with van der Waals surface area (Å²) in [6.45, 7) is 3.72. The molecule has 5 aromatic heterocycles. The number of aldehydes is 1. The van der Waals surface area contributed by atoms with Crippen LogP contribution in [0, 0.1) is 6.92 Å². The quantitative estimate of drug-likeness (QED) is 0.0654. The van der Waals surface area contributed by atoms with E-state index in [2.05, 4.69) is 50.8 Å². The maximum absolute atomic E-state index is 12.1. The molecule has 0 unspecified atom stereocenters. The third kappa shape index (κ3) is 6.10. The molecular weight excluding hydrogens is 612 g/mol. The maximum Gasteiger partial charge on any atom is 0.343 e. The van der Waals surface area contributed by atoms with E-state index in [0.29, 0.717) is 17.8 Å². The summed E-state index contributed by atoms with van der Waals surface area (Å²) in [6.07, 6.45) is 7.85. The minimum Gasteiger partial charge on any atom is -0.465 e. The van der Waals surface area contributed by atoms with Gasteiger partial charge in [0, 0.05) is 14.1 Å². The van der Waals surface area contributed by atoms with E-state index >= 15 is 0 Å². The van der Waals surface area contributed by atoms with E-state index in [1.54, 1.807) is 21.0 Å². The SMILES string of the molecule is CCCCc1nn(-c2cnc(-n3nc(C)c(/N=N/c4c(C(=O)OC)cnn4C)c3N)cn2)c(N)c1/N=N/c1c(C(=O)C=O)cnn1C. The highest BCUT2D eigenvalue weighted by Crippen LogP contribution is 2.33. The Morgan fingerprint density at radius 2 is 1.40 bits per heavy atom. The van der Waals surface area contributed by atoms with Crippen LogP contribution in [0.4, 0.5) is 34.6 Å². The fourth-order valence-corrected chi connectivity index (χ4v) is 4.42. The summed E-state index contributed by atoms with van der Waals surface area (Å²) >= 11 is 0. The lowest BCUT2D eigenvalue weighted by Crippen LogP contribution is -2.08. The van der Waals surface area contributed by atoms with Crippen LogP contribution >= 0.6 is 0 Å². The first-order valence-corrected chi connectivity index (χ1v) is 14.1. The molecule has 20 heteroatoms. The Morgan fingerprint density at radius 1 is 0.851 bits per heavy atom. The van der Waals surface area contributed by atoms with Crippen molar-refractivity contribution < 1.29 is 19.1 Å². The Balaban J connectivity index is 1.45. The van der Waals surface area contributed by atoms with Gasteiger partial charge in [-0.3, -0.25) is 9.59 Å². The Kier molecular flexibility index (Phi) is 9.01. The third-order valence-electron chi connectivity index (χ3n) is 6.94. The topological polar surface area (TPSA) is 259 Å². The first kappa shape index (κ1) is 31.9. The van der Waals surface area contributed by atoms with Crippen molar-refractivity contribution in [3.05, 3.63) is 47.3 Å². The van der Waals surface area contributed by atoms with Gasteiger partial charge in [0.05, 0.1) is 48.8 Å². The zero-order chi connectivity index (χ0) is 33.8. The highest BCUT2D eigenvalue weighted by molar-refractivity contribution is 6.34. The van der Waals surface area contributed by atoms with Gasteiger partial charge in [-0.2, -0.15) is 29.8 Å². The van der Waals surface area contributed by atoms with Crippen LogP contribution in [-0.4, -0.2) is 74.2 Å². The van der Waals surface area contributed by atoms with Gasteiger partial charge in [-0.25, -0.2) is 24.1 Å². The number of nitrogens with zero attached hydrogens (tertiary/aromatic N) is 14. The minimum absolute atomic E-state index is 0.00876. The van der Waals surface area contributed by atoms with Crippen LogP contribution in [0.1, 0.15) is 51.9 Å². The predicted molar refractivity (Wildman–Crippen MR) is 165 cm³/mol. The summed E-state index contributed by atoms with van der Waals surface area (Å²) in [4.78, 5) is 44.0. The molecule has 0 spiro atoms. The number of esters is 1. The number of anilines is 2. The lowest BCUT2D eigenvalue weighted by atomic mass is 10.2. The number of hydrogen-bond acceptors (Lipinski definition) is 16. The first-order valence-electron chi connectivity index (χ1n) is 14.1. The van der Waals surface area contributed by atoms with E-state index in [1.165, 1.54) is 50.6 Å². The number of ketones is 1. The highest BCUT2D eigenvalue weighted by Gasteiger charge is 2.22. The third-order valence-corrected chi connectivity index (χ3v) is 6.94. The molecule has 0 bridgehead atoms. The van der Waals surface area contributed by atoms with Crippen LogP contribution in [0.15, 0.2) is 45.2 Å². The molecular formula is C27H30N16O4. The Morgan fingerprint density at radius 3 is 1.98 bits per heavy atom. The van der Waals surface area contributed by atoms with Crippen molar-refractivity contribution in [3.63, 3.8) is 0 Å². The van der Waals surface area contributed by atoms with Gasteiger partial charge in [0.1, 0.15) is 5.56 Å². The smallest absolute Gasteiger partial charge is 0.343 e. The Bertz CT molecular complexity index is 2030. The molecule has 47 heavy (non-hydrogen) atoms. The molecule has 5 rings (SSSR count). The molecule has 0 fully saturated rings. The van der Waals surface area contributed by atoms with Crippen LogP contribution in [0.3, 0.4) is 0 Å². The second-order valence-corrected chi connectivity index (χ2v) is 10.0. The van der Waals surface area contributed by atoms with Gasteiger partial charge in [0.15, 0.2) is 52.6 Å². The van der Waals surface area contributed by atoms with E-state index in [-0.39, 0.29) is 63.7 Å². The highest BCUT2D eigenvalue weighted by atomic mass is 16.5. The number of Topliss-reactive ketones (excluding diaryl/α,β-unsaturated/α-hetero) is 1. The standard InChI is InChI=1S/C27H30N16O4/c1-6-7-8-17-22(35-36-25-15(18(45)13-44)9-32-40(25)3)24(29)43(39-17)20-12-30-19(11-31-20)42-23(28)21(14(2)38-42)34-37-26-16(27(46)47-5)10-33-41(26)4/h9-13H,6-8,28-29H2,1-5H3/b36-35+,37-34+. The summed E-state index contributed by atoms with van der Waals surface area (Å²) in [5.74, 6) is -0.314. The summed E-state index contributed by atoms with van der Waals surface area (Å²) in [6, 6.07) is 0. The lowest BCUT2D eigenvalue weighted by Gasteiger charge is -2.05. The number of rotatable bonds is 12. The monoisotopic (exact) mass is 642 g/mol. The van der Waals surface area contributed by atoms with Crippen LogP contribution in [0.5, 0.6) is 0 Å². The number of aryl methyl sites for hydroxylation is 4. The van der Waals surface area contributed by atoms with E-state index in [0.717, 1.165) is 12.8 Å². The molecule has 0 aromatic carbocycles. The molecule has 5 heterocycles. The molecule has 0 aliphatic carbocycles. The fourth-order valence-electron chi connectivity index (χ4n) is 4.42. The summed E-state index contributed by atoms with van der Waals surface area (Å²) in [7, 11) is 4.43. The first-order chi connectivity index (χ1) is 22.6. The zero-order valence-electron chi connectivity index (χ0n) is 26.1. The van der Waals surface area contributed by atoms with Crippen molar-refractivity contribution in [2.75, 3.05) is 18.6 Å². The van der Waals surface area contributed by atoms with E-state index in [1.807, 2.05) is 6.92 Å². The van der Waals surface area contributed by atoms with E-state index in [9.17, 15) is 14.4 Å². The van der Waals surface area contributed by atoms with E-state index in [4.69, 9.17) is 16.2 Å². The lowest BCUT2D eigenvalue weighted by molar-refractivity contribution is -0.104. The molecule has 0 atom stereocenters. The van der Waals surface area contributed by atoms with E-state index < -0.39 is 11.8 Å². The van der Waals surface area contributed by atoms with Gasteiger partial charge in [0.25, 0.3) is 0 Å². The van der Waals surface area contributed by atoms with Gasteiger partial charge in [-0.05, 0) is 19.8 Å². The van der Waals surface area contributed by atoms with Gasteiger partial charge in [-0.15, -0.1) is 20.5 Å². The number of ether oxygens (including phenoxy) is 1. The van der Waals surface area contributed by atoms with Gasteiger partial charge < -0.3 is 16.2 Å². The number of azo groups is 2. The number of carbonyl (C=O) groups excluding carboxylic acids is 3. The maximum atomic E-state index is 12.1. The largest absolute Gasteiger partial charge is 0.465 e. The van der Waals surface area contributed by atoms with Crippen LogP contribution in [-0.2, 0) is 30.0 Å². The molecule has 5 aromatic rings. The molecule has 242 valence electrons. The van der Waals surface area contributed by atoms with Crippen molar-refractivity contribution in [1.29, 1.82) is 0 Å². The molecule has 0 aliphatic rings. The number of unbranched alkanes of at least 4 members (excludes halogenated alkanes) is 1. The molecule has 0 saturated carbocycles. The minimum atomic E-state index is -0.776. The fraction of sp³-hybridized carbons (Fsp3) is 0.296. The second-order valence-electron chi connectivity index (χ2n) is 10.0. The molecule has 0 saturated heterocycles. The summed E-state index contributed by atoms with van der Waals surface area (Å²) < 4.78 is 10.2. The molecule has 0 radical (unpaired) electrons. The van der Waals surface area contributed by atoms with Gasteiger partial charge in [-0.1, -0.05) is 13.3 Å².